The first-order valence-electron chi connectivity index (χ1n) is 11.9. The number of halogens is 2. The van der Waals surface area contributed by atoms with Crippen molar-refractivity contribution in [1.82, 2.24) is 29.6 Å². The van der Waals surface area contributed by atoms with Gasteiger partial charge in [-0.15, -0.1) is 10.2 Å². The van der Waals surface area contributed by atoms with Crippen LogP contribution in [-0.2, 0) is 24.2 Å². The van der Waals surface area contributed by atoms with Gasteiger partial charge in [0.25, 0.3) is 6.43 Å². The maximum absolute atomic E-state index is 13.6. The highest BCUT2D eigenvalue weighted by molar-refractivity contribution is 7.89. The van der Waals surface area contributed by atoms with E-state index in [1.165, 1.54) is 6.20 Å². The molecular weight excluding hydrogens is 544 g/mol. The molecule has 2 fully saturated rings. The van der Waals surface area contributed by atoms with Gasteiger partial charge in [-0.1, -0.05) is 11.3 Å². The number of sulfonamides is 1. The predicted octanol–water partition coefficient (Wildman–Crippen LogP) is 1.30. The van der Waals surface area contributed by atoms with Gasteiger partial charge in [0, 0.05) is 39.5 Å². The number of nitrogens with one attached hydrogen (secondary N) is 2. The zero-order chi connectivity index (χ0) is 27.1. The van der Waals surface area contributed by atoms with Crippen LogP contribution in [0.25, 0.3) is 16.3 Å². The minimum absolute atomic E-state index is 0.0102. The zero-order valence-electron chi connectivity index (χ0n) is 21.1. The molecule has 2 aliphatic heterocycles. The van der Waals surface area contributed by atoms with E-state index in [1.54, 1.807) is 37.8 Å². The fourth-order valence-electron chi connectivity index (χ4n) is 4.67. The molecule has 0 unspecified atom stereocenters. The molecule has 0 saturated carbocycles. The maximum atomic E-state index is 13.6. The summed E-state index contributed by atoms with van der Waals surface area (Å²) in [4.78, 5) is 6.50. The first-order valence-corrected chi connectivity index (χ1v) is 14.2. The second kappa shape index (κ2) is 10.7. The van der Waals surface area contributed by atoms with Crippen molar-refractivity contribution in [3.05, 3.63) is 23.5 Å². The van der Waals surface area contributed by atoms with Gasteiger partial charge in [-0.3, -0.25) is 4.40 Å². The number of alkyl halides is 2. The molecular formula is C22H29F2N7O5S2. The fourth-order valence-corrected chi connectivity index (χ4v) is 6.75. The van der Waals surface area contributed by atoms with Crippen molar-refractivity contribution in [3.63, 3.8) is 0 Å². The molecule has 208 valence electrons. The number of pyridine rings is 1. The van der Waals surface area contributed by atoms with Gasteiger partial charge in [-0.25, -0.2) is 26.9 Å². The Labute approximate surface area is 222 Å². The van der Waals surface area contributed by atoms with E-state index < -0.39 is 27.0 Å². The number of nitrogens with zero attached hydrogens (tertiary/aromatic N) is 5. The summed E-state index contributed by atoms with van der Waals surface area (Å²) in [6, 6.07) is 1.47. The van der Waals surface area contributed by atoms with Gasteiger partial charge in [-0.2, -0.15) is 0 Å². The Bertz CT molecular complexity index is 1400. The number of anilines is 1. The van der Waals surface area contributed by atoms with Crippen LogP contribution in [0.4, 0.5) is 14.5 Å². The highest BCUT2D eigenvalue weighted by Crippen LogP contribution is 2.34. The van der Waals surface area contributed by atoms with Crippen LogP contribution in [0.2, 0.25) is 0 Å². The number of piperazine rings is 1. The predicted molar refractivity (Wildman–Crippen MR) is 135 cm³/mol. The third-order valence-corrected chi connectivity index (χ3v) is 9.01. The summed E-state index contributed by atoms with van der Waals surface area (Å²) < 4.78 is 73.9. The Balaban J connectivity index is 1.66. The molecule has 38 heavy (non-hydrogen) atoms. The van der Waals surface area contributed by atoms with Crippen molar-refractivity contribution in [3.8, 4) is 10.8 Å². The van der Waals surface area contributed by atoms with Crippen LogP contribution in [0.15, 0.2) is 23.4 Å². The molecule has 3 aromatic rings. The quantitative estimate of drug-likeness (QED) is 0.366. The summed E-state index contributed by atoms with van der Waals surface area (Å²) in [7, 11) is -0.775. The smallest absolute Gasteiger partial charge is 0.291 e. The number of methoxy groups -OCH3 is 2. The Morgan fingerprint density at radius 1 is 1.29 bits per heavy atom. The first-order chi connectivity index (χ1) is 18.1. The van der Waals surface area contributed by atoms with E-state index in [4.69, 9.17) is 14.2 Å². The molecule has 0 spiro atoms. The van der Waals surface area contributed by atoms with E-state index in [1.807, 2.05) is 0 Å². The van der Waals surface area contributed by atoms with Crippen LogP contribution >= 0.6 is 11.3 Å². The van der Waals surface area contributed by atoms with E-state index >= 15 is 0 Å². The monoisotopic (exact) mass is 573 g/mol. The molecule has 2 N–H and O–H groups in total. The summed E-state index contributed by atoms with van der Waals surface area (Å²) in [5.74, 6) is 0.216. The first kappa shape index (κ1) is 27.2. The lowest BCUT2D eigenvalue weighted by molar-refractivity contribution is -0.0523. The molecule has 16 heteroatoms. The minimum Gasteiger partial charge on any atom is -0.383 e. The molecule has 0 amide bonds. The van der Waals surface area contributed by atoms with Crippen LogP contribution in [0, 0.1) is 0 Å². The second-order valence-corrected chi connectivity index (χ2v) is 12.3. The van der Waals surface area contributed by atoms with Gasteiger partial charge in [0.05, 0.1) is 55.4 Å². The average Bonchev–Trinajstić information content (AvgIpc) is 3.51. The molecule has 5 rings (SSSR count). The van der Waals surface area contributed by atoms with Crippen LogP contribution in [0.3, 0.4) is 0 Å². The summed E-state index contributed by atoms with van der Waals surface area (Å²) in [6.07, 6.45) is 0.230. The molecule has 12 nitrogen and oxygen atoms in total. The lowest BCUT2D eigenvalue weighted by Crippen LogP contribution is -2.60. The third-order valence-electron chi connectivity index (χ3n) is 6.48. The lowest BCUT2D eigenvalue weighted by Gasteiger charge is -2.42. The standard InChI is InChI=1S/C22H29F2N7O5S2/c1-22(11-36-12-22)29-38(32,33)15-4-16(30-7-13(9-34-2)25-5-14(30)10-35-3)17-6-26-19(31(17)8-15)21-28-27-20(37-21)18(23)24/h4,6,8,13-14,18,25,29H,5,7,9-12H2,1-3H3/t13-,14+/m1/s1. The van der Waals surface area contributed by atoms with Gasteiger partial charge >= 0.3 is 0 Å². The van der Waals surface area contributed by atoms with Gasteiger partial charge < -0.3 is 24.4 Å². The Hall–Kier alpha value is -2.34. The fraction of sp³-hybridized carbons (Fsp3) is 0.591. The Morgan fingerprint density at radius 2 is 2.05 bits per heavy atom. The number of fused-ring (bicyclic) bond motifs is 1. The number of hydrogen-bond donors (Lipinski definition) is 2. The van der Waals surface area contributed by atoms with Crippen molar-refractivity contribution < 1.29 is 31.4 Å². The maximum Gasteiger partial charge on any atom is 0.291 e. The van der Waals surface area contributed by atoms with Crippen molar-refractivity contribution in [2.24, 2.45) is 0 Å². The van der Waals surface area contributed by atoms with E-state index in [0.717, 1.165) is 0 Å². The number of hydrogen-bond acceptors (Lipinski definition) is 11. The normalized spacial score (nSPS) is 21.8. The van der Waals surface area contributed by atoms with Gasteiger partial charge in [0.2, 0.25) is 10.0 Å². The Morgan fingerprint density at radius 3 is 2.68 bits per heavy atom. The summed E-state index contributed by atoms with van der Waals surface area (Å²) in [5.41, 5.74) is 0.462. The second-order valence-electron chi connectivity index (χ2n) is 9.63. The molecule has 0 radical (unpaired) electrons. The minimum atomic E-state index is -4.00. The number of imidazole rings is 1. The van der Waals surface area contributed by atoms with Gasteiger partial charge in [-0.05, 0) is 13.0 Å². The summed E-state index contributed by atoms with van der Waals surface area (Å²) >= 11 is 0.709. The summed E-state index contributed by atoms with van der Waals surface area (Å²) in [5, 5.41) is 10.6. The summed E-state index contributed by atoms with van der Waals surface area (Å²) in [6.45, 7) is 4.21. The average molecular weight is 574 g/mol. The lowest BCUT2D eigenvalue weighted by atomic mass is 10.0. The highest BCUT2D eigenvalue weighted by atomic mass is 32.2. The highest BCUT2D eigenvalue weighted by Gasteiger charge is 2.39. The van der Waals surface area contributed by atoms with Crippen LogP contribution in [-0.4, -0.2) is 99.4 Å². The molecule has 0 aliphatic carbocycles. The largest absolute Gasteiger partial charge is 0.383 e. The van der Waals surface area contributed by atoms with Crippen molar-refractivity contribution >= 4 is 32.6 Å². The van der Waals surface area contributed by atoms with Crippen LogP contribution < -0.4 is 14.9 Å². The van der Waals surface area contributed by atoms with Crippen molar-refractivity contribution in [2.75, 3.05) is 58.6 Å². The van der Waals surface area contributed by atoms with Crippen LogP contribution in [0.5, 0.6) is 0 Å². The molecule has 2 atom stereocenters. The van der Waals surface area contributed by atoms with Crippen molar-refractivity contribution in [1.29, 1.82) is 0 Å². The number of aromatic nitrogens is 4. The molecule has 0 aromatic carbocycles. The number of ether oxygens (including phenoxy) is 3. The van der Waals surface area contributed by atoms with Gasteiger partial charge in [0.1, 0.15) is 4.90 Å². The van der Waals surface area contributed by atoms with E-state index in [2.05, 4.69) is 30.1 Å². The van der Waals surface area contributed by atoms with E-state index in [9.17, 15) is 17.2 Å². The van der Waals surface area contributed by atoms with Crippen molar-refractivity contribution in [2.45, 2.75) is 35.9 Å². The molecule has 0 bridgehead atoms. The van der Waals surface area contributed by atoms with E-state index in [-0.39, 0.29) is 41.0 Å². The Kier molecular flexibility index (Phi) is 7.65. The number of rotatable bonds is 10. The van der Waals surface area contributed by atoms with Gasteiger partial charge in [0.15, 0.2) is 15.8 Å². The van der Waals surface area contributed by atoms with E-state index in [0.29, 0.717) is 48.8 Å². The molecule has 5 heterocycles. The zero-order valence-corrected chi connectivity index (χ0v) is 22.7. The molecule has 3 aromatic heterocycles. The molecule has 2 aliphatic rings. The topological polar surface area (TPSA) is 132 Å². The van der Waals surface area contributed by atoms with Crippen LogP contribution in [0.1, 0.15) is 18.4 Å². The third kappa shape index (κ3) is 5.25. The molecule has 2 saturated heterocycles. The SMILES string of the molecule is COC[C@H]1CN(c2cc(S(=O)(=O)NC3(C)COC3)cn3c(-c4nnc(C(F)F)s4)ncc23)[C@H](COC)CN1.